The normalized spacial score (nSPS) is 10.3. The van der Waals surface area contributed by atoms with Crippen molar-refractivity contribution in [3.8, 4) is 0 Å². The summed E-state index contributed by atoms with van der Waals surface area (Å²) in [6.45, 7) is 2.86. The summed E-state index contributed by atoms with van der Waals surface area (Å²) in [4.78, 5) is 6.11. The van der Waals surface area contributed by atoms with Gasteiger partial charge in [0, 0.05) is 13.6 Å². The molecule has 0 fully saturated rings. The van der Waals surface area contributed by atoms with Crippen LogP contribution in [0, 0.1) is 6.92 Å². The van der Waals surface area contributed by atoms with Crippen LogP contribution in [0.3, 0.4) is 0 Å². The number of nitrogens with zero attached hydrogens (tertiary/aromatic N) is 4. The Kier molecular flexibility index (Phi) is 3.54. The van der Waals surface area contributed by atoms with Crippen molar-refractivity contribution in [3.63, 3.8) is 0 Å². The third-order valence-corrected chi connectivity index (χ3v) is 2.74. The fourth-order valence-electron chi connectivity index (χ4n) is 1.58. The molecule has 0 bridgehead atoms. The SMILES string of the molecule is Cc1ccccc1CN(C)c1cnnc(Cl)n1. The second-order valence-corrected chi connectivity index (χ2v) is 4.20. The zero-order chi connectivity index (χ0) is 12.3. The van der Waals surface area contributed by atoms with Crippen LogP contribution in [0.5, 0.6) is 0 Å². The first-order valence-electron chi connectivity index (χ1n) is 5.27. The van der Waals surface area contributed by atoms with Gasteiger partial charge in [0.25, 0.3) is 0 Å². The van der Waals surface area contributed by atoms with Gasteiger partial charge in [0.05, 0.1) is 6.20 Å². The smallest absolute Gasteiger partial charge is 0.244 e. The third-order valence-electron chi connectivity index (χ3n) is 2.58. The number of aryl methyl sites for hydroxylation is 1. The highest BCUT2D eigenvalue weighted by Gasteiger charge is 2.06. The maximum Gasteiger partial charge on any atom is 0.244 e. The van der Waals surface area contributed by atoms with Crippen LogP contribution >= 0.6 is 11.6 Å². The molecule has 5 heteroatoms. The Hall–Kier alpha value is -1.68. The maximum absolute atomic E-state index is 5.71. The van der Waals surface area contributed by atoms with E-state index in [2.05, 4.69) is 34.2 Å². The van der Waals surface area contributed by atoms with Gasteiger partial charge in [0.2, 0.25) is 5.28 Å². The molecule has 0 saturated heterocycles. The summed E-state index contributed by atoms with van der Waals surface area (Å²) in [7, 11) is 1.95. The zero-order valence-corrected chi connectivity index (χ0v) is 10.5. The minimum Gasteiger partial charge on any atom is -0.354 e. The maximum atomic E-state index is 5.71. The van der Waals surface area contributed by atoms with E-state index in [1.54, 1.807) is 6.20 Å². The van der Waals surface area contributed by atoms with Gasteiger partial charge in [-0.25, -0.2) is 0 Å². The van der Waals surface area contributed by atoms with Gasteiger partial charge in [-0.2, -0.15) is 10.1 Å². The zero-order valence-electron chi connectivity index (χ0n) is 9.76. The number of hydrogen-bond acceptors (Lipinski definition) is 4. The van der Waals surface area contributed by atoms with Crippen LogP contribution in [-0.4, -0.2) is 22.2 Å². The Labute approximate surface area is 105 Å². The summed E-state index contributed by atoms with van der Waals surface area (Å²) in [6.07, 6.45) is 1.60. The number of rotatable bonds is 3. The molecule has 1 heterocycles. The second-order valence-electron chi connectivity index (χ2n) is 3.87. The number of aromatic nitrogens is 3. The predicted octanol–water partition coefficient (Wildman–Crippen LogP) is 2.47. The summed E-state index contributed by atoms with van der Waals surface area (Å²) < 4.78 is 0. The highest BCUT2D eigenvalue weighted by molar-refractivity contribution is 6.28. The molecule has 0 aliphatic heterocycles. The molecule has 0 spiro atoms. The molecule has 0 aliphatic carbocycles. The van der Waals surface area contributed by atoms with E-state index in [1.807, 2.05) is 24.1 Å². The lowest BCUT2D eigenvalue weighted by Gasteiger charge is -2.18. The van der Waals surface area contributed by atoms with E-state index in [4.69, 9.17) is 11.6 Å². The van der Waals surface area contributed by atoms with E-state index in [-0.39, 0.29) is 5.28 Å². The van der Waals surface area contributed by atoms with Crippen LogP contribution < -0.4 is 4.90 Å². The molecule has 2 rings (SSSR count). The van der Waals surface area contributed by atoms with Crippen LogP contribution in [0.1, 0.15) is 11.1 Å². The highest BCUT2D eigenvalue weighted by atomic mass is 35.5. The minimum absolute atomic E-state index is 0.166. The molecule has 0 aliphatic rings. The van der Waals surface area contributed by atoms with Gasteiger partial charge in [0.1, 0.15) is 0 Å². The molecule has 2 aromatic rings. The van der Waals surface area contributed by atoms with Crippen molar-refractivity contribution in [3.05, 3.63) is 46.9 Å². The molecule has 4 nitrogen and oxygen atoms in total. The molecule has 0 atom stereocenters. The molecular weight excluding hydrogens is 236 g/mol. The van der Waals surface area contributed by atoms with Crippen molar-refractivity contribution >= 4 is 17.4 Å². The second kappa shape index (κ2) is 5.10. The van der Waals surface area contributed by atoms with E-state index >= 15 is 0 Å². The van der Waals surface area contributed by atoms with Gasteiger partial charge in [0.15, 0.2) is 5.82 Å². The van der Waals surface area contributed by atoms with Crippen molar-refractivity contribution in [1.82, 2.24) is 15.2 Å². The lowest BCUT2D eigenvalue weighted by Crippen LogP contribution is -2.18. The summed E-state index contributed by atoms with van der Waals surface area (Å²) in [5.41, 5.74) is 2.51. The Morgan fingerprint density at radius 2 is 2.06 bits per heavy atom. The lowest BCUT2D eigenvalue weighted by atomic mass is 10.1. The molecule has 1 aromatic carbocycles. The van der Waals surface area contributed by atoms with E-state index in [9.17, 15) is 0 Å². The predicted molar refractivity (Wildman–Crippen MR) is 68.1 cm³/mol. The van der Waals surface area contributed by atoms with Crippen LogP contribution in [0.4, 0.5) is 5.82 Å². The quantitative estimate of drug-likeness (QED) is 0.837. The van der Waals surface area contributed by atoms with Gasteiger partial charge in [-0.3, -0.25) is 0 Å². The Balaban J connectivity index is 2.17. The Morgan fingerprint density at radius 3 is 2.76 bits per heavy atom. The van der Waals surface area contributed by atoms with Crippen LogP contribution in [0.15, 0.2) is 30.5 Å². The van der Waals surface area contributed by atoms with Gasteiger partial charge in [-0.15, -0.1) is 5.10 Å². The van der Waals surface area contributed by atoms with Gasteiger partial charge in [-0.05, 0) is 29.7 Å². The number of benzene rings is 1. The van der Waals surface area contributed by atoms with Crippen molar-refractivity contribution in [2.24, 2.45) is 0 Å². The monoisotopic (exact) mass is 248 g/mol. The van der Waals surface area contributed by atoms with Gasteiger partial charge < -0.3 is 4.90 Å². The first kappa shape index (κ1) is 11.8. The largest absolute Gasteiger partial charge is 0.354 e. The standard InChI is InChI=1S/C12H13ClN4/c1-9-5-3-4-6-10(9)8-17(2)11-7-14-16-12(13)15-11/h3-7H,8H2,1-2H3. The molecule has 0 unspecified atom stereocenters. The molecule has 0 radical (unpaired) electrons. The van der Waals surface area contributed by atoms with Crippen LogP contribution in [-0.2, 0) is 6.54 Å². The topological polar surface area (TPSA) is 41.9 Å². The first-order valence-corrected chi connectivity index (χ1v) is 5.65. The van der Waals surface area contributed by atoms with Crippen molar-refractivity contribution < 1.29 is 0 Å². The summed E-state index contributed by atoms with van der Waals surface area (Å²) in [5.74, 6) is 0.716. The number of halogens is 1. The number of hydrogen-bond donors (Lipinski definition) is 0. The molecule has 88 valence electrons. The fourth-order valence-corrected chi connectivity index (χ4v) is 1.71. The van der Waals surface area contributed by atoms with E-state index in [0.717, 1.165) is 6.54 Å². The highest BCUT2D eigenvalue weighted by Crippen LogP contribution is 2.15. The molecular formula is C12H13ClN4. The van der Waals surface area contributed by atoms with E-state index < -0.39 is 0 Å². The number of anilines is 1. The van der Waals surface area contributed by atoms with E-state index in [1.165, 1.54) is 11.1 Å². The first-order chi connectivity index (χ1) is 8.16. The van der Waals surface area contributed by atoms with Crippen LogP contribution in [0.25, 0.3) is 0 Å². The average molecular weight is 249 g/mol. The van der Waals surface area contributed by atoms with Gasteiger partial charge >= 0.3 is 0 Å². The Bertz CT molecular complexity index is 515. The summed E-state index contributed by atoms with van der Waals surface area (Å²) in [6, 6.07) is 8.25. The van der Waals surface area contributed by atoms with Crippen LogP contribution in [0.2, 0.25) is 5.28 Å². The van der Waals surface area contributed by atoms with Crippen molar-refractivity contribution in [1.29, 1.82) is 0 Å². The van der Waals surface area contributed by atoms with Gasteiger partial charge in [-0.1, -0.05) is 24.3 Å². The molecule has 0 N–H and O–H groups in total. The Morgan fingerprint density at radius 1 is 1.29 bits per heavy atom. The lowest BCUT2D eigenvalue weighted by molar-refractivity contribution is 0.858. The van der Waals surface area contributed by atoms with E-state index in [0.29, 0.717) is 5.82 Å². The molecule has 17 heavy (non-hydrogen) atoms. The minimum atomic E-state index is 0.166. The van der Waals surface area contributed by atoms with Crippen molar-refractivity contribution in [2.75, 3.05) is 11.9 Å². The molecule has 0 amide bonds. The molecule has 1 aromatic heterocycles. The summed E-state index contributed by atoms with van der Waals surface area (Å²) in [5, 5.41) is 7.57. The fraction of sp³-hybridized carbons (Fsp3) is 0.250. The summed E-state index contributed by atoms with van der Waals surface area (Å²) >= 11 is 5.71. The van der Waals surface area contributed by atoms with Crippen molar-refractivity contribution in [2.45, 2.75) is 13.5 Å². The molecule has 0 saturated carbocycles. The third kappa shape index (κ3) is 2.91. The average Bonchev–Trinajstić information content (AvgIpc) is 2.32.